The molecule has 1 radical (unpaired) electrons. The Bertz CT molecular complexity index is 310. The summed E-state index contributed by atoms with van der Waals surface area (Å²) < 4.78 is 0. The Morgan fingerprint density at radius 2 is 1.32 bits per heavy atom. The summed E-state index contributed by atoms with van der Waals surface area (Å²) in [6, 6.07) is 10.6. The van der Waals surface area contributed by atoms with Gasteiger partial charge in [0.15, 0.2) is 0 Å². The van der Waals surface area contributed by atoms with E-state index < -0.39 is 0 Å². The fraction of sp³-hybridized carbons (Fsp3) is 0.526. The molecular formula is C19H29. The maximum Gasteiger partial charge on any atom is -0.0260 e. The van der Waals surface area contributed by atoms with E-state index in [1.165, 1.54) is 63.4 Å². The van der Waals surface area contributed by atoms with Crippen LogP contribution in [-0.4, -0.2) is 0 Å². The van der Waals surface area contributed by atoms with Crippen molar-refractivity contribution in [3.8, 4) is 0 Å². The summed E-state index contributed by atoms with van der Waals surface area (Å²) in [6.07, 6.45) is 17.9. The van der Waals surface area contributed by atoms with E-state index in [0.717, 1.165) is 6.42 Å². The molecule has 0 aliphatic heterocycles. The summed E-state index contributed by atoms with van der Waals surface area (Å²) in [5.41, 5.74) is 1.31. The van der Waals surface area contributed by atoms with Crippen LogP contribution in [0.25, 0.3) is 6.08 Å². The summed E-state index contributed by atoms with van der Waals surface area (Å²) in [4.78, 5) is 0. The van der Waals surface area contributed by atoms with Crippen LogP contribution in [0.4, 0.5) is 0 Å². The average Bonchev–Trinajstić information content (AvgIpc) is 2.46. The van der Waals surface area contributed by atoms with Crippen LogP contribution >= 0.6 is 0 Å². The maximum atomic E-state index is 3.88. The average molecular weight is 257 g/mol. The second-order valence-corrected chi connectivity index (χ2v) is 5.28. The van der Waals surface area contributed by atoms with Crippen LogP contribution in [0.5, 0.6) is 0 Å². The first kappa shape index (κ1) is 16.0. The molecule has 19 heavy (non-hydrogen) atoms. The van der Waals surface area contributed by atoms with E-state index in [0.29, 0.717) is 0 Å². The Morgan fingerprint density at radius 1 is 0.737 bits per heavy atom. The van der Waals surface area contributed by atoms with Gasteiger partial charge in [-0.3, -0.25) is 0 Å². The summed E-state index contributed by atoms with van der Waals surface area (Å²) in [5.74, 6) is 0. The van der Waals surface area contributed by atoms with Gasteiger partial charge in [0, 0.05) is 0 Å². The van der Waals surface area contributed by atoms with E-state index in [9.17, 15) is 0 Å². The largest absolute Gasteiger partial charge is 0.0839 e. The molecule has 0 aromatic heterocycles. The lowest BCUT2D eigenvalue weighted by molar-refractivity contribution is 0.571. The highest BCUT2D eigenvalue weighted by Gasteiger charge is 1.91. The van der Waals surface area contributed by atoms with Crippen molar-refractivity contribution in [1.29, 1.82) is 0 Å². The van der Waals surface area contributed by atoms with Gasteiger partial charge in [-0.25, -0.2) is 0 Å². The quantitative estimate of drug-likeness (QED) is 0.400. The number of allylic oxidation sites excluding steroid dienone is 1. The Labute approximate surface area is 119 Å². The molecule has 0 heteroatoms. The van der Waals surface area contributed by atoms with Crippen LogP contribution in [0.2, 0.25) is 0 Å². The lowest BCUT2D eigenvalue weighted by Crippen LogP contribution is -1.80. The third-order valence-electron chi connectivity index (χ3n) is 3.48. The van der Waals surface area contributed by atoms with Crippen molar-refractivity contribution in [3.63, 3.8) is 0 Å². The van der Waals surface area contributed by atoms with Gasteiger partial charge in [-0.05, 0) is 18.4 Å². The zero-order valence-corrected chi connectivity index (χ0v) is 12.3. The molecule has 0 saturated carbocycles. The second-order valence-electron chi connectivity index (χ2n) is 5.28. The zero-order valence-electron chi connectivity index (χ0n) is 12.3. The van der Waals surface area contributed by atoms with E-state index in [1.807, 2.05) is 0 Å². The monoisotopic (exact) mass is 257 g/mol. The minimum Gasteiger partial charge on any atom is -0.0839 e. The van der Waals surface area contributed by atoms with Crippen molar-refractivity contribution in [1.82, 2.24) is 0 Å². The van der Waals surface area contributed by atoms with Crippen LogP contribution in [0, 0.1) is 6.92 Å². The van der Waals surface area contributed by atoms with Crippen molar-refractivity contribution >= 4 is 6.08 Å². The summed E-state index contributed by atoms with van der Waals surface area (Å²) >= 11 is 0. The molecule has 0 aliphatic rings. The smallest absolute Gasteiger partial charge is 0.0260 e. The van der Waals surface area contributed by atoms with Crippen molar-refractivity contribution < 1.29 is 0 Å². The molecule has 0 fully saturated rings. The van der Waals surface area contributed by atoms with E-state index in [4.69, 9.17) is 0 Å². The van der Waals surface area contributed by atoms with E-state index in [1.54, 1.807) is 0 Å². The molecule has 0 bridgehead atoms. The molecule has 0 saturated heterocycles. The Morgan fingerprint density at radius 3 is 1.95 bits per heavy atom. The maximum absolute atomic E-state index is 3.88. The highest BCUT2D eigenvalue weighted by atomic mass is 14.0. The van der Waals surface area contributed by atoms with Gasteiger partial charge in [0.1, 0.15) is 0 Å². The molecule has 0 nitrogen and oxygen atoms in total. The molecule has 0 N–H and O–H groups in total. The van der Waals surface area contributed by atoms with Gasteiger partial charge >= 0.3 is 0 Å². The summed E-state index contributed by atoms with van der Waals surface area (Å²) in [7, 11) is 0. The molecule has 0 amide bonds. The second kappa shape index (κ2) is 12.0. The minimum absolute atomic E-state index is 1.10. The van der Waals surface area contributed by atoms with Gasteiger partial charge in [0.25, 0.3) is 0 Å². The topological polar surface area (TPSA) is 0 Å². The van der Waals surface area contributed by atoms with Crippen LogP contribution in [0.15, 0.2) is 36.4 Å². The Kier molecular flexibility index (Phi) is 10.1. The van der Waals surface area contributed by atoms with Crippen LogP contribution in [-0.2, 0) is 0 Å². The van der Waals surface area contributed by atoms with E-state index in [2.05, 4.69) is 49.4 Å². The third kappa shape index (κ3) is 9.53. The minimum atomic E-state index is 1.10. The molecule has 0 spiro atoms. The lowest BCUT2D eigenvalue weighted by Gasteiger charge is -2.00. The molecule has 0 atom stereocenters. The lowest BCUT2D eigenvalue weighted by atomic mass is 10.1. The molecule has 1 aromatic carbocycles. The number of rotatable bonds is 11. The van der Waals surface area contributed by atoms with Crippen molar-refractivity contribution in [2.45, 2.75) is 64.2 Å². The highest BCUT2D eigenvalue weighted by Crippen LogP contribution is 2.11. The van der Waals surface area contributed by atoms with Crippen LogP contribution in [0.3, 0.4) is 0 Å². The van der Waals surface area contributed by atoms with E-state index in [-0.39, 0.29) is 0 Å². The van der Waals surface area contributed by atoms with Gasteiger partial charge in [-0.15, -0.1) is 0 Å². The van der Waals surface area contributed by atoms with Gasteiger partial charge in [0.2, 0.25) is 0 Å². The number of hydrogen-bond acceptors (Lipinski definition) is 0. The molecule has 105 valence electrons. The van der Waals surface area contributed by atoms with Gasteiger partial charge in [-0.2, -0.15) is 0 Å². The first-order valence-corrected chi connectivity index (χ1v) is 7.94. The molecule has 1 aromatic rings. The van der Waals surface area contributed by atoms with Crippen LogP contribution in [0.1, 0.15) is 69.8 Å². The standard InChI is InChI=1S/C19H29/c1-2-3-4-5-6-7-8-9-10-11-13-16-19-17-14-12-15-18-19/h12-18H,1-11H2. The van der Waals surface area contributed by atoms with Crippen molar-refractivity contribution in [2.75, 3.05) is 0 Å². The number of unbranched alkanes of at least 4 members (excludes halogenated alkanes) is 9. The van der Waals surface area contributed by atoms with Crippen molar-refractivity contribution in [2.24, 2.45) is 0 Å². The molecular weight excluding hydrogens is 228 g/mol. The van der Waals surface area contributed by atoms with Gasteiger partial charge in [0.05, 0.1) is 0 Å². The molecule has 1 rings (SSSR count). The number of benzene rings is 1. The normalized spacial score (nSPS) is 11.2. The fourth-order valence-electron chi connectivity index (χ4n) is 2.28. The predicted octanol–water partition coefficient (Wildman–Crippen LogP) is 6.43. The first-order chi connectivity index (χ1) is 9.43. The summed E-state index contributed by atoms with van der Waals surface area (Å²) in [6.45, 7) is 3.88. The predicted molar refractivity (Wildman–Crippen MR) is 87.0 cm³/mol. The van der Waals surface area contributed by atoms with Gasteiger partial charge in [-0.1, -0.05) is 101 Å². The SMILES string of the molecule is [CH2]CCCCCCCCCCC=Cc1ccccc1. The first-order valence-electron chi connectivity index (χ1n) is 7.94. The van der Waals surface area contributed by atoms with Crippen molar-refractivity contribution in [3.05, 3.63) is 48.9 Å². The Balaban J connectivity index is 1.87. The zero-order chi connectivity index (χ0) is 13.6. The number of hydrogen-bond donors (Lipinski definition) is 0. The van der Waals surface area contributed by atoms with Crippen LogP contribution < -0.4 is 0 Å². The molecule has 0 unspecified atom stereocenters. The van der Waals surface area contributed by atoms with E-state index >= 15 is 0 Å². The Hall–Kier alpha value is -1.04. The third-order valence-corrected chi connectivity index (χ3v) is 3.48. The molecule has 0 heterocycles. The highest BCUT2D eigenvalue weighted by molar-refractivity contribution is 5.48. The molecule has 0 aliphatic carbocycles. The summed E-state index contributed by atoms with van der Waals surface area (Å²) in [5, 5.41) is 0. The van der Waals surface area contributed by atoms with Gasteiger partial charge < -0.3 is 0 Å². The fourth-order valence-corrected chi connectivity index (χ4v) is 2.28.